The van der Waals surface area contributed by atoms with Gasteiger partial charge in [-0.15, -0.1) is 24.0 Å². The first kappa shape index (κ1) is 20.9. The molecule has 0 aromatic heterocycles. The summed E-state index contributed by atoms with van der Waals surface area (Å²) < 4.78 is 10.6. The smallest absolute Gasteiger partial charge is 0.191 e. The number of aliphatic imine (C=N–C) groups is 1. The summed E-state index contributed by atoms with van der Waals surface area (Å²) in [7, 11) is 3.31. The van der Waals surface area contributed by atoms with Crippen molar-refractivity contribution in [2.45, 2.75) is 32.6 Å². The highest BCUT2D eigenvalue weighted by Gasteiger charge is 2.13. The number of nitrogens with two attached hydrogens (primary N) is 1. The maximum atomic E-state index is 6.11. The van der Waals surface area contributed by atoms with E-state index in [1.807, 2.05) is 12.1 Å². The van der Waals surface area contributed by atoms with E-state index in [9.17, 15) is 0 Å². The maximum Gasteiger partial charge on any atom is 0.191 e. The minimum Gasteiger partial charge on any atom is -0.493 e. The monoisotopic (exact) mass is 447 g/mol. The molecule has 1 atom stereocenters. The van der Waals surface area contributed by atoms with Crippen LogP contribution >= 0.6 is 24.0 Å². The van der Waals surface area contributed by atoms with E-state index in [0.717, 1.165) is 37.6 Å². The lowest BCUT2D eigenvalue weighted by molar-refractivity contribution is 0.337. The number of methoxy groups -OCH3 is 2. The molecule has 1 saturated heterocycles. The van der Waals surface area contributed by atoms with Crippen LogP contribution in [0.5, 0.6) is 11.5 Å². The maximum absolute atomic E-state index is 6.11. The van der Waals surface area contributed by atoms with Gasteiger partial charge in [-0.3, -0.25) is 4.99 Å². The number of ether oxygens (including phenoxy) is 2. The van der Waals surface area contributed by atoms with Crippen LogP contribution in [0.2, 0.25) is 0 Å². The molecular formula is C18H30IN3O2. The third-order valence-electron chi connectivity index (χ3n) is 4.28. The first-order chi connectivity index (χ1) is 11.1. The van der Waals surface area contributed by atoms with E-state index >= 15 is 0 Å². The highest BCUT2D eigenvalue weighted by Crippen LogP contribution is 2.28. The molecule has 2 rings (SSSR count). The van der Waals surface area contributed by atoms with Gasteiger partial charge in [-0.05, 0) is 49.3 Å². The van der Waals surface area contributed by atoms with Crippen molar-refractivity contribution < 1.29 is 9.47 Å². The molecule has 5 nitrogen and oxygen atoms in total. The third kappa shape index (κ3) is 6.03. The van der Waals surface area contributed by atoms with Gasteiger partial charge in [0.05, 0.1) is 14.2 Å². The fraction of sp³-hybridized carbons (Fsp3) is 0.611. The Kier molecular flexibility index (Phi) is 9.25. The van der Waals surface area contributed by atoms with E-state index in [0.29, 0.717) is 11.9 Å². The number of piperidine rings is 1. The van der Waals surface area contributed by atoms with Crippen LogP contribution < -0.4 is 15.2 Å². The van der Waals surface area contributed by atoms with Crippen LogP contribution in [0, 0.1) is 5.92 Å². The average Bonchev–Trinajstić information content (AvgIpc) is 2.60. The molecule has 0 aliphatic carbocycles. The molecule has 1 aliphatic heterocycles. The van der Waals surface area contributed by atoms with Gasteiger partial charge in [-0.2, -0.15) is 0 Å². The van der Waals surface area contributed by atoms with Crippen LogP contribution in [0.1, 0.15) is 31.7 Å². The second-order valence-corrected chi connectivity index (χ2v) is 6.25. The fourth-order valence-corrected chi connectivity index (χ4v) is 2.95. The van der Waals surface area contributed by atoms with Crippen molar-refractivity contribution in [2.75, 3.05) is 33.9 Å². The molecule has 1 heterocycles. The summed E-state index contributed by atoms with van der Waals surface area (Å²) in [6, 6.07) is 6.06. The molecule has 0 amide bonds. The zero-order valence-electron chi connectivity index (χ0n) is 15.0. The summed E-state index contributed by atoms with van der Waals surface area (Å²) in [6.45, 7) is 5.03. The molecule has 24 heavy (non-hydrogen) atoms. The van der Waals surface area contributed by atoms with Gasteiger partial charge in [0, 0.05) is 19.6 Å². The number of rotatable bonds is 6. The second-order valence-electron chi connectivity index (χ2n) is 6.25. The van der Waals surface area contributed by atoms with Crippen molar-refractivity contribution in [1.82, 2.24) is 4.90 Å². The SMILES string of the molecule is COc1ccc(CC(C)CN=C(N)N2CCCCC2)cc1OC.I. The Balaban J connectivity index is 0.00000288. The van der Waals surface area contributed by atoms with Crippen molar-refractivity contribution >= 4 is 29.9 Å². The number of likely N-dealkylation sites (tertiary alicyclic amines) is 1. The molecule has 1 aliphatic rings. The van der Waals surface area contributed by atoms with Gasteiger partial charge in [0.15, 0.2) is 17.5 Å². The van der Waals surface area contributed by atoms with Crippen LogP contribution in [-0.2, 0) is 6.42 Å². The Morgan fingerprint density at radius 1 is 1.17 bits per heavy atom. The zero-order valence-corrected chi connectivity index (χ0v) is 17.3. The molecule has 0 spiro atoms. The first-order valence-corrected chi connectivity index (χ1v) is 8.39. The molecule has 6 heteroatoms. The quantitative estimate of drug-likeness (QED) is 0.413. The minimum atomic E-state index is 0. The first-order valence-electron chi connectivity index (χ1n) is 8.39. The van der Waals surface area contributed by atoms with Gasteiger partial charge >= 0.3 is 0 Å². The van der Waals surface area contributed by atoms with Crippen molar-refractivity contribution in [1.29, 1.82) is 0 Å². The second kappa shape index (κ2) is 10.6. The van der Waals surface area contributed by atoms with E-state index < -0.39 is 0 Å². The Bertz CT molecular complexity index is 531. The van der Waals surface area contributed by atoms with Gasteiger partial charge in [-0.25, -0.2) is 0 Å². The molecule has 136 valence electrons. The predicted octanol–water partition coefficient (Wildman–Crippen LogP) is 3.30. The van der Waals surface area contributed by atoms with Crippen molar-refractivity contribution in [3.63, 3.8) is 0 Å². The Labute approximate surface area is 162 Å². The van der Waals surface area contributed by atoms with E-state index in [2.05, 4.69) is 22.9 Å². The summed E-state index contributed by atoms with van der Waals surface area (Å²) in [5, 5.41) is 0. The number of nitrogens with zero attached hydrogens (tertiary/aromatic N) is 2. The molecule has 1 fully saturated rings. The lowest BCUT2D eigenvalue weighted by atomic mass is 10.0. The lowest BCUT2D eigenvalue weighted by Gasteiger charge is -2.27. The van der Waals surface area contributed by atoms with Crippen molar-refractivity contribution in [3.05, 3.63) is 23.8 Å². The highest BCUT2D eigenvalue weighted by atomic mass is 127. The van der Waals surface area contributed by atoms with Crippen LogP contribution in [0.25, 0.3) is 0 Å². The van der Waals surface area contributed by atoms with E-state index in [1.165, 1.54) is 24.8 Å². The number of benzene rings is 1. The Morgan fingerprint density at radius 2 is 1.83 bits per heavy atom. The molecule has 1 unspecified atom stereocenters. The minimum absolute atomic E-state index is 0. The predicted molar refractivity (Wildman–Crippen MR) is 110 cm³/mol. The largest absolute Gasteiger partial charge is 0.493 e. The summed E-state index contributed by atoms with van der Waals surface area (Å²) >= 11 is 0. The van der Waals surface area contributed by atoms with Crippen LogP contribution in [0.3, 0.4) is 0 Å². The summed E-state index contributed by atoms with van der Waals surface area (Å²) in [4.78, 5) is 6.79. The van der Waals surface area contributed by atoms with Crippen LogP contribution in [0.4, 0.5) is 0 Å². The van der Waals surface area contributed by atoms with Gasteiger partial charge < -0.3 is 20.1 Å². The normalized spacial score (nSPS) is 16.3. The van der Waals surface area contributed by atoms with E-state index in [1.54, 1.807) is 14.2 Å². The van der Waals surface area contributed by atoms with Crippen LogP contribution in [0.15, 0.2) is 23.2 Å². The Morgan fingerprint density at radius 3 is 2.46 bits per heavy atom. The number of hydrogen-bond donors (Lipinski definition) is 1. The molecular weight excluding hydrogens is 417 g/mol. The van der Waals surface area contributed by atoms with E-state index in [-0.39, 0.29) is 24.0 Å². The number of hydrogen-bond acceptors (Lipinski definition) is 3. The zero-order chi connectivity index (χ0) is 16.7. The standard InChI is InChI=1S/C18H29N3O2.HI/c1-14(13-20-18(19)21-9-5-4-6-10-21)11-15-7-8-16(22-2)17(12-15)23-3;/h7-8,12,14H,4-6,9-11,13H2,1-3H3,(H2,19,20);1H. The molecule has 2 N–H and O–H groups in total. The summed E-state index contributed by atoms with van der Waals surface area (Å²) in [5.41, 5.74) is 7.34. The highest BCUT2D eigenvalue weighted by molar-refractivity contribution is 14.0. The fourth-order valence-electron chi connectivity index (χ4n) is 2.95. The molecule has 0 bridgehead atoms. The van der Waals surface area contributed by atoms with Gasteiger partial charge in [0.2, 0.25) is 0 Å². The van der Waals surface area contributed by atoms with Crippen LogP contribution in [-0.4, -0.2) is 44.7 Å². The third-order valence-corrected chi connectivity index (χ3v) is 4.28. The van der Waals surface area contributed by atoms with Gasteiger partial charge in [0.25, 0.3) is 0 Å². The lowest BCUT2D eigenvalue weighted by Crippen LogP contribution is -2.41. The summed E-state index contributed by atoms with van der Waals surface area (Å²) in [5.74, 6) is 2.66. The summed E-state index contributed by atoms with van der Waals surface area (Å²) in [6.07, 6.45) is 4.69. The number of guanidine groups is 1. The van der Waals surface area contributed by atoms with Crippen molar-refractivity contribution in [3.8, 4) is 11.5 Å². The van der Waals surface area contributed by atoms with Crippen molar-refractivity contribution in [2.24, 2.45) is 16.6 Å². The topological polar surface area (TPSA) is 60.1 Å². The average molecular weight is 447 g/mol. The van der Waals surface area contributed by atoms with Gasteiger partial charge in [0.1, 0.15) is 0 Å². The Hall–Kier alpha value is -1.18. The molecule has 1 aromatic carbocycles. The number of halogens is 1. The van der Waals surface area contributed by atoms with E-state index in [4.69, 9.17) is 15.2 Å². The molecule has 0 radical (unpaired) electrons. The molecule has 1 aromatic rings. The van der Waals surface area contributed by atoms with Gasteiger partial charge in [-0.1, -0.05) is 13.0 Å². The molecule has 0 saturated carbocycles.